The molecule has 0 unspecified atom stereocenters. The molecule has 49 heavy (non-hydrogen) atoms. The van der Waals surface area contributed by atoms with Crippen molar-refractivity contribution in [1.82, 2.24) is 15.0 Å². The van der Waals surface area contributed by atoms with Crippen molar-refractivity contribution in [3.63, 3.8) is 0 Å². The molecule has 0 saturated heterocycles. The number of carbonyl (C=O) groups excluding carboxylic acids is 1. The van der Waals surface area contributed by atoms with Crippen LogP contribution in [0.4, 0.5) is 4.39 Å². The Morgan fingerprint density at radius 3 is 1.53 bits per heavy atom. The summed E-state index contributed by atoms with van der Waals surface area (Å²) < 4.78 is 22.9. The SMILES string of the molecule is Fc1ccc(Cl)cn1.O=Cc1cccc(Oc2ccc(Cl)cn2)c1.OCc1cccc(O)c1.OCc1cccc(Oc2ccc(Cl)cn2)c1. The number of aliphatic hydroxyl groups is 2. The predicted octanol–water partition coefficient (Wildman–Crippen LogP) is 9.12. The molecule has 6 rings (SSSR count). The standard InChI is InChI=1S/C12H10ClNO2.C12H8ClNO2.C7H8O2.C5H3ClFN/c2*13-10-4-5-12(14-7-10)16-11-3-1-2-9(6-11)8-15;8-5-6-2-1-3-7(9)4-6;6-4-1-2-5(7)8-3-4/h1-7,15H,8H2;1-8H;1-4,8-9H,5H2;1-3H. The van der Waals surface area contributed by atoms with Gasteiger partial charge < -0.3 is 24.8 Å². The summed E-state index contributed by atoms with van der Waals surface area (Å²) in [7, 11) is 0. The van der Waals surface area contributed by atoms with Gasteiger partial charge in [-0.15, -0.1) is 0 Å². The van der Waals surface area contributed by atoms with Gasteiger partial charge >= 0.3 is 0 Å². The molecule has 0 aliphatic rings. The Hall–Kier alpha value is -5.10. The number of hydrogen-bond acceptors (Lipinski definition) is 9. The molecule has 0 aliphatic heterocycles. The van der Waals surface area contributed by atoms with Crippen LogP contribution in [-0.2, 0) is 13.2 Å². The molecular weight excluding hydrogens is 696 g/mol. The predicted molar refractivity (Wildman–Crippen MR) is 186 cm³/mol. The van der Waals surface area contributed by atoms with Gasteiger partial charge in [-0.05, 0) is 71.8 Å². The van der Waals surface area contributed by atoms with Gasteiger partial charge in [-0.1, -0.05) is 71.2 Å². The van der Waals surface area contributed by atoms with Crippen LogP contribution in [0.1, 0.15) is 21.5 Å². The van der Waals surface area contributed by atoms with Crippen molar-refractivity contribution in [2.24, 2.45) is 0 Å². The number of phenols is 1. The van der Waals surface area contributed by atoms with Crippen LogP contribution in [0.5, 0.6) is 29.0 Å². The van der Waals surface area contributed by atoms with Crippen LogP contribution >= 0.6 is 34.8 Å². The highest BCUT2D eigenvalue weighted by Crippen LogP contribution is 2.22. The van der Waals surface area contributed by atoms with E-state index in [0.717, 1.165) is 17.4 Å². The first kappa shape index (κ1) is 38.3. The Bertz CT molecular complexity index is 1850. The first-order valence-corrected chi connectivity index (χ1v) is 15.3. The minimum atomic E-state index is -0.505. The fraction of sp³-hybridized carbons (Fsp3) is 0.0556. The zero-order valence-electron chi connectivity index (χ0n) is 25.5. The molecule has 0 aliphatic carbocycles. The number of benzene rings is 3. The minimum Gasteiger partial charge on any atom is -0.508 e. The molecular formula is C36H29Cl3FN3O6. The lowest BCUT2D eigenvalue weighted by Gasteiger charge is -2.05. The second-order valence-corrected chi connectivity index (χ2v) is 10.8. The van der Waals surface area contributed by atoms with Crippen molar-refractivity contribution in [1.29, 1.82) is 0 Å². The minimum absolute atomic E-state index is 0.00868. The summed E-state index contributed by atoms with van der Waals surface area (Å²) in [6.07, 6.45) is 5.05. The Kier molecular flexibility index (Phi) is 16.4. The number of aliphatic hydroxyl groups excluding tert-OH is 2. The Balaban J connectivity index is 0.000000185. The van der Waals surface area contributed by atoms with Crippen LogP contribution in [0, 0.1) is 5.95 Å². The third-order valence-corrected chi connectivity index (χ3v) is 6.38. The van der Waals surface area contributed by atoms with Crippen molar-refractivity contribution in [3.8, 4) is 29.0 Å². The molecule has 13 heteroatoms. The summed E-state index contributed by atoms with van der Waals surface area (Å²) >= 11 is 16.8. The fourth-order valence-electron chi connectivity index (χ4n) is 3.46. The van der Waals surface area contributed by atoms with E-state index in [0.29, 0.717) is 43.9 Å². The molecule has 0 bridgehead atoms. The Morgan fingerprint density at radius 1 is 0.612 bits per heavy atom. The van der Waals surface area contributed by atoms with E-state index in [-0.39, 0.29) is 19.0 Å². The lowest BCUT2D eigenvalue weighted by molar-refractivity contribution is 0.112. The number of aldehydes is 1. The number of ether oxygens (including phenoxy) is 2. The zero-order chi connectivity index (χ0) is 35.4. The maximum atomic E-state index is 11.9. The molecule has 3 aromatic carbocycles. The molecule has 0 saturated carbocycles. The highest BCUT2D eigenvalue weighted by atomic mass is 35.5. The zero-order valence-corrected chi connectivity index (χ0v) is 27.8. The topological polar surface area (TPSA) is 135 Å². The second kappa shape index (κ2) is 21.0. The van der Waals surface area contributed by atoms with Crippen molar-refractivity contribution >= 4 is 41.1 Å². The summed E-state index contributed by atoms with van der Waals surface area (Å²) in [5, 5.41) is 27.9. The number of nitrogens with zero attached hydrogens (tertiary/aromatic N) is 3. The summed E-state index contributed by atoms with van der Waals surface area (Å²) in [4.78, 5) is 21.8. The molecule has 0 atom stereocenters. The van der Waals surface area contributed by atoms with Crippen LogP contribution < -0.4 is 9.47 Å². The molecule has 3 aromatic heterocycles. The lowest BCUT2D eigenvalue weighted by atomic mass is 10.2. The largest absolute Gasteiger partial charge is 0.508 e. The van der Waals surface area contributed by atoms with Gasteiger partial charge in [-0.3, -0.25) is 4.79 Å². The number of carbonyl (C=O) groups is 1. The van der Waals surface area contributed by atoms with Crippen molar-refractivity contribution < 1.29 is 34.0 Å². The molecule has 252 valence electrons. The summed E-state index contributed by atoms with van der Waals surface area (Å²) in [6, 6.07) is 30.0. The number of pyridine rings is 3. The van der Waals surface area contributed by atoms with Gasteiger partial charge in [0, 0.05) is 36.3 Å². The Morgan fingerprint density at radius 2 is 1.10 bits per heavy atom. The van der Waals surface area contributed by atoms with Crippen LogP contribution in [0.2, 0.25) is 15.1 Å². The molecule has 3 heterocycles. The second-order valence-electron chi connectivity index (χ2n) is 9.46. The van der Waals surface area contributed by atoms with Gasteiger partial charge in [0.25, 0.3) is 0 Å². The average Bonchev–Trinajstić information content (AvgIpc) is 3.12. The van der Waals surface area contributed by atoms with Crippen molar-refractivity contribution in [2.75, 3.05) is 0 Å². The number of rotatable bonds is 7. The first-order valence-electron chi connectivity index (χ1n) is 14.2. The smallest absolute Gasteiger partial charge is 0.219 e. The van der Waals surface area contributed by atoms with E-state index in [9.17, 15) is 9.18 Å². The van der Waals surface area contributed by atoms with Gasteiger partial charge in [-0.25, -0.2) is 15.0 Å². The summed E-state index contributed by atoms with van der Waals surface area (Å²) in [5.41, 5.74) is 2.09. The van der Waals surface area contributed by atoms with Crippen molar-refractivity contribution in [3.05, 3.63) is 165 Å². The van der Waals surface area contributed by atoms with E-state index in [1.807, 2.05) is 12.1 Å². The maximum Gasteiger partial charge on any atom is 0.219 e. The third-order valence-electron chi connectivity index (χ3n) is 5.70. The molecule has 0 fully saturated rings. The van der Waals surface area contributed by atoms with Gasteiger partial charge in [0.05, 0.1) is 28.3 Å². The van der Waals surface area contributed by atoms with Crippen LogP contribution in [0.3, 0.4) is 0 Å². The van der Waals surface area contributed by atoms with E-state index in [4.69, 9.17) is 59.6 Å². The first-order chi connectivity index (χ1) is 23.7. The normalized spacial score (nSPS) is 9.76. The van der Waals surface area contributed by atoms with E-state index in [1.165, 1.54) is 36.8 Å². The van der Waals surface area contributed by atoms with Gasteiger partial charge in [0.2, 0.25) is 17.7 Å². The molecule has 0 radical (unpaired) electrons. The molecule has 0 amide bonds. The van der Waals surface area contributed by atoms with E-state index >= 15 is 0 Å². The number of aromatic hydroxyl groups is 1. The van der Waals surface area contributed by atoms with Crippen molar-refractivity contribution in [2.45, 2.75) is 13.2 Å². The molecule has 3 N–H and O–H groups in total. The van der Waals surface area contributed by atoms with Gasteiger partial charge in [0.15, 0.2) is 0 Å². The van der Waals surface area contributed by atoms with Crippen LogP contribution in [-0.4, -0.2) is 36.6 Å². The van der Waals surface area contributed by atoms with E-state index in [1.54, 1.807) is 78.9 Å². The molecule has 6 aromatic rings. The number of phenolic OH excluding ortho intramolecular Hbond substituents is 1. The monoisotopic (exact) mass is 723 g/mol. The maximum absolute atomic E-state index is 11.9. The van der Waals surface area contributed by atoms with E-state index in [2.05, 4.69) is 15.0 Å². The summed E-state index contributed by atoms with van der Waals surface area (Å²) in [6.45, 7) is -0.0281. The molecule has 0 spiro atoms. The third kappa shape index (κ3) is 15.1. The average molecular weight is 725 g/mol. The fourth-order valence-corrected chi connectivity index (χ4v) is 3.79. The van der Waals surface area contributed by atoms with Gasteiger partial charge in [0.1, 0.15) is 23.5 Å². The van der Waals surface area contributed by atoms with E-state index < -0.39 is 5.95 Å². The Labute approximate surface area is 296 Å². The highest BCUT2D eigenvalue weighted by Gasteiger charge is 2.01. The lowest BCUT2D eigenvalue weighted by Crippen LogP contribution is -1.89. The summed E-state index contributed by atoms with van der Waals surface area (Å²) in [5.74, 6) is 1.81. The number of hydrogen-bond donors (Lipinski definition) is 3. The number of halogens is 4. The van der Waals surface area contributed by atoms with Crippen LogP contribution in [0.25, 0.3) is 0 Å². The van der Waals surface area contributed by atoms with Crippen LogP contribution in [0.15, 0.2) is 128 Å². The highest BCUT2D eigenvalue weighted by molar-refractivity contribution is 6.31. The molecule has 9 nitrogen and oxygen atoms in total. The van der Waals surface area contributed by atoms with Gasteiger partial charge in [-0.2, -0.15) is 4.39 Å². The quantitative estimate of drug-likeness (QED) is 0.109. The number of aromatic nitrogens is 3.